The number of rotatable bonds is 6. The molecule has 0 saturated carbocycles. The zero-order chi connectivity index (χ0) is 17.8. The van der Waals surface area contributed by atoms with Crippen LogP contribution in [0.4, 0.5) is 0 Å². The van der Waals surface area contributed by atoms with E-state index in [4.69, 9.17) is 9.47 Å². The molecule has 0 bridgehead atoms. The third-order valence-corrected chi connectivity index (χ3v) is 4.67. The fraction of sp³-hybridized carbons (Fsp3) is 0.381. The molecule has 1 aliphatic carbocycles. The molecule has 3 rings (SSSR count). The Bertz CT molecular complexity index is 770. The number of methoxy groups -OCH3 is 1. The summed E-state index contributed by atoms with van der Waals surface area (Å²) in [6, 6.07) is 11.9. The Morgan fingerprint density at radius 1 is 1.16 bits per heavy atom. The molecule has 0 aliphatic heterocycles. The second kappa shape index (κ2) is 7.60. The maximum Gasteiger partial charge on any atom is 0.258 e. The fourth-order valence-corrected chi connectivity index (χ4v) is 3.34. The molecule has 4 nitrogen and oxygen atoms in total. The molecule has 0 heterocycles. The first kappa shape index (κ1) is 17.3. The molecule has 0 radical (unpaired) electrons. The number of amides is 1. The van der Waals surface area contributed by atoms with Gasteiger partial charge in [0, 0.05) is 5.56 Å². The van der Waals surface area contributed by atoms with Gasteiger partial charge in [0.2, 0.25) is 0 Å². The van der Waals surface area contributed by atoms with Crippen molar-refractivity contribution in [1.29, 1.82) is 0 Å². The Morgan fingerprint density at radius 2 is 1.96 bits per heavy atom. The third kappa shape index (κ3) is 4.13. The molecule has 4 heteroatoms. The summed E-state index contributed by atoms with van der Waals surface area (Å²) in [5.41, 5.74) is 4.84. The van der Waals surface area contributed by atoms with Gasteiger partial charge in [-0.2, -0.15) is 0 Å². The lowest BCUT2D eigenvalue weighted by molar-refractivity contribution is -0.123. The molecule has 132 valence electrons. The van der Waals surface area contributed by atoms with E-state index in [2.05, 4.69) is 17.4 Å². The van der Waals surface area contributed by atoms with Crippen molar-refractivity contribution < 1.29 is 14.3 Å². The van der Waals surface area contributed by atoms with Crippen molar-refractivity contribution in [3.05, 3.63) is 58.7 Å². The zero-order valence-corrected chi connectivity index (χ0v) is 15.1. The van der Waals surface area contributed by atoms with Crippen molar-refractivity contribution in [2.75, 3.05) is 13.7 Å². The van der Waals surface area contributed by atoms with Crippen molar-refractivity contribution in [3.8, 4) is 11.5 Å². The largest absolute Gasteiger partial charge is 0.496 e. The summed E-state index contributed by atoms with van der Waals surface area (Å²) >= 11 is 0. The summed E-state index contributed by atoms with van der Waals surface area (Å²) in [7, 11) is 1.64. The van der Waals surface area contributed by atoms with Crippen LogP contribution in [-0.4, -0.2) is 19.6 Å². The lowest BCUT2D eigenvalue weighted by Crippen LogP contribution is -2.31. The Labute approximate surface area is 149 Å². The van der Waals surface area contributed by atoms with Gasteiger partial charge in [-0.05, 0) is 62.4 Å². The van der Waals surface area contributed by atoms with Gasteiger partial charge in [-0.15, -0.1) is 0 Å². The molecule has 1 aliphatic rings. The van der Waals surface area contributed by atoms with Crippen LogP contribution in [0.2, 0.25) is 0 Å². The number of benzene rings is 2. The van der Waals surface area contributed by atoms with Crippen molar-refractivity contribution in [3.63, 3.8) is 0 Å². The van der Waals surface area contributed by atoms with Gasteiger partial charge in [-0.25, -0.2) is 0 Å². The number of fused-ring (bicyclic) bond motifs is 1. The van der Waals surface area contributed by atoms with Crippen LogP contribution in [0.1, 0.15) is 41.6 Å². The molecule has 0 spiro atoms. The molecule has 2 aromatic rings. The van der Waals surface area contributed by atoms with Crippen LogP contribution in [0.3, 0.4) is 0 Å². The molecule has 0 saturated heterocycles. The van der Waals surface area contributed by atoms with E-state index in [0.29, 0.717) is 0 Å². The standard InChI is InChI=1S/C21H25NO3/c1-14-7-10-20(24-3)19(11-14)15(2)22-21(23)13-25-18-9-8-16-5-4-6-17(16)12-18/h7-12,15H,4-6,13H2,1-3H3,(H,22,23)/t15-/m1/s1. The first-order chi connectivity index (χ1) is 12.1. The van der Waals surface area contributed by atoms with Gasteiger partial charge in [-0.1, -0.05) is 23.8 Å². The summed E-state index contributed by atoms with van der Waals surface area (Å²) in [6.45, 7) is 3.98. The highest BCUT2D eigenvalue weighted by atomic mass is 16.5. The lowest BCUT2D eigenvalue weighted by atomic mass is 10.0. The summed E-state index contributed by atoms with van der Waals surface area (Å²) in [6.07, 6.45) is 3.45. The van der Waals surface area contributed by atoms with Crippen LogP contribution < -0.4 is 14.8 Å². The van der Waals surface area contributed by atoms with Gasteiger partial charge in [0.1, 0.15) is 11.5 Å². The Balaban J connectivity index is 1.58. The number of nitrogens with one attached hydrogen (secondary N) is 1. The number of carbonyl (C=O) groups excluding carboxylic acids is 1. The minimum Gasteiger partial charge on any atom is -0.496 e. The molecule has 1 amide bonds. The fourth-order valence-electron chi connectivity index (χ4n) is 3.34. The molecule has 0 fully saturated rings. The number of aryl methyl sites for hydroxylation is 3. The number of hydrogen-bond acceptors (Lipinski definition) is 3. The minimum absolute atomic E-state index is 0.0112. The number of ether oxygens (including phenoxy) is 2. The van der Waals surface area contributed by atoms with Gasteiger partial charge < -0.3 is 14.8 Å². The normalized spacial score (nSPS) is 13.9. The highest BCUT2D eigenvalue weighted by molar-refractivity contribution is 5.78. The molecule has 0 unspecified atom stereocenters. The Morgan fingerprint density at radius 3 is 2.76 bits per heavy atom. The van der Waals surface area contributed by atoms with Gasteiger partial charge in [0.25, 0.3) is 5.91 Å². The topological polar surface area (TPSA) is 47.6 Å². The van der Waals surface area contributed by atoms with Crippen LogP contribution in [0, 0.1) is 6.92 Å². The predicted molar refractivity (Wildman–Crippen MR) is 98.3 cm³/mol. The van der Waals surface area contributed by atoms with Gasteiger partial charge in [0.15, 0.2) is 6.61 Å². The molecular weight excluding hydrogens is 314 g/mol. The zero-order valence-electron chi connectivity index (χ0n) is 15.1. The summed E-state index contributed by atoms with van der Waals surface area (Å²) in [5, 5.41) is 2.98. The van der Waals surface area contributed by atoms with E-state index in [-0.39, 0.29) is 18.6 Å². The Hall–Kier alpha value is -2.49. The monoisotopic (exact) mass is 339 g/mol. The summed E-state index contributed by atoms with van der Waals surface area (Å²) < 4.78 is 11.1. The van der Waals surface area contributed by atoms with Crippen LogP contribution in [0.5, 0.6) is 11.5 Å². The van der Waals surface area contributed by atoms with E-state index >= 15 is 0 Å². The maximum absolute atomic E-state index is 12.2. The lowest BCUT2D eigenvalue weighted by Gasteiger charge is -2.18. The van der Waals surface area contributed by atoms with E-state index < -0.39 is 0 Å². The number of carbonyl (C=O) groups is 1. The van der Waals surface area contributed by atoms with E-state index in [0.717, 1.165) is 35.5 Å². The van der Waals surface area contributed by atoms with Crippen molar-refractivity contribution in [1.82, 2.24) is 5.32 Å². The van der Waals surface area contributed by atoms with E-state index in [1.807, 2.05) is 38.1 Å². The third-order valence-electron chi connectivity index (χ3n) is 4.67. The summed E-state index contributed by atoms with van der Waals surface area (Å²) in [5.74, 6) is 1.39. The molecular formula is C21H25NO3. The Kier molecular flexibility index (Phi) is 5.27. The molecule has 0 aromatic heterocycles. The quantitative estimate of drug-likeness (QED) is 0.872. The summed E-state index contributed by atoms with van der Waals surface area (Å²) in [4.78, 5) is 12.2. The van der Waals surface area contributed by atoms with Crippen LogP contribution in [-0.2, 0) is 17.6 Å². The second-order valence-corrected chi connectivity index (χ2v) is 6.61. The van der Waals surface area contributed by atoms with E-state index in [9.17, 15) is 4.79 Å². The highest BCUT2D eigenvalue weighted by Crippen LogP contribution is 2.27. The van der Waals surface area contributed by atoms with Gasteiger partial charge >= 0.3 is 0 Å². The predicted octanol–water partition coefficient (Wildman–Crippen LogP) is 3.75. The maximum atomic E-state index is 12.2. The highest BCUT2D eigenvalue weighted by Gasteiger charge is 2.15. The SMILES string of the molecule is COc1ccc(C)cc1[C@@H](C)NC(=O)COc1ccc2c(c1)CCC2. The molecule has 25 heavy (non-hydrogen) atoms. The second-order valence-electron chi connectivity index (χ2n) is 6.61. The van der Waals surface area contributed by atoms with Crippen molar-refractivity contribution >= 4 is 5.91 Å². The molecule has 1 atom stereocenters. The molecule has 2 aromatic carbocycles. The van der Waals surface area contributed by atoms with Crippen molar-refractivity contribution in [2.24, 2.45) is 0 Å². The van der Waals surface area contributed by atoms with Crippen LogP contribution in [0.25, 0.3) is 0 Å². The smallest absolute Gasteiger partial charge is 0.258 e. The first-order valence-electron chi connectivity index (χ1n) is 8.75. The van der Waals surface area contributed by atoms with Crippen LogP contribution >= 0.6 is 0 Å². The van der Waals surface area contributed by atoms with Crippen LogP contribution in [0.15, 0.2) is 36.4 Å². The first-order valence-corrected chi connectivity index (χ1v) is 8.75. The van der Waals surface area contributed by atoms with Gasteiger partial charge in [-0.3, -0.25) is 4.79 Å². The number of hydrogen-bond donors (Lipinski definition) is 1. The van der Waals surface area contributed by atoms with E-state index in [1.54, 1.807) is 7.11 Å². The van der Waals surface area contributed by atoms with E-state index in [1.165, 1.54) is 17.5 Å². The van der Waals surface area contributed by atoms with Gasteiger partial charge in [0.05, 0.1) is 13.2 Å². The minimum atomic E-state index is -0.147. The van der Waals surface area contributed by atoms with Crippen molar-refractivity contribution in [2.45, 2.75) is 39.2 Å². The molecule has 1 N–H and O–H groups in total. The average Bonchev–Trinajstić information content (AvgIpc) is 3.07. The average molecular weight is 339 g/mol.